The summed E-state index contributed by atoms with van der Waals surface area (Å²) in [7, 11) is 3.26. The van der Waals surface area contributed by atoms with Crippen LogP contribution in [0.1, 0.15) is 31.7 Å². The van der Waals surface area contributed by atoms with Crippen molar-refractivity contribution in [1.29, 1.82) is 0 Å². The van der Waals surface area contributed by atoms with Crippen LogP contribution in [0, 0.1) is 5.92 Å². The Kier molecular flexibility index (Phi) is 12.1. The van der Waals surface area contributed by atoms with Gasteiger partial charge in [-0.1, -0.05) is 15.9 Å². The average Bonchev–Trinajstić information content (AvgIpc) is 3.47. The van der Waals surface area contributed by atoms with Crippen LogP contribution in [0.25, 0.3) is 0 Å². The molecule has 154 valence electrons. The normalized spacial score (nSPS) is 13.7. The van der Waals surface area contributed by atoms with Crippen molar-refractivity contribution in [1.82, 2.24) is 10.6 Å². The van der Waals surface area contributed by atoms with Crippen molar-refractivity contribution in [2.45, 2.75) is 32.7 Å². The van der Waals surface area contributed by atoms with E-state index in [9.17, 15) is 0 Å². The molecular formula is C19H31BrIN3O3. The van der Waals surface area contributed by atoms with Crippen molar-refractivity contribution in [2.24, 2.45) is 10.9 Å². The predicted octanol–water partition coefficient (Wildman–Crippen LogP) is 3.96. The third-order valence-electron chi connectivity index (χ3n) is 4.11. The molecule has 1 aromatic rings. The Morgan fingerprint density at radius 2 is 1.89 bits per heavy atom. The average molecular weight is 556 g/mol. The number of hydrogen-bond donors (Lipinski definition) is 2. The summed E-state index contributed by atoms with van der Waals surface area (Å²) in [4.78, 5) is 4.66. The lowest BCUT2D eigenvalue weighted by Crippen LogP contribution is -2.38. The minimum absolute atomic E-state index is 0. The Morgan fingerprint density at radius 3 is 2.52 bits per heavy atom. The van der Waals surface area contributed by atoms with Gasteiger partial charge in [-0.15, -0.1) is 24.0 Å². The first-order chi connectivity index (χ1) is 12.7. The highest BCUT2D eigenvalue weighted by Crippen LogP contribution is 2.33. The van der Waals surface area contributed by atoms with Crippen LogP contribution in [-0.4, -0.2) is 46.5 Å². The number of halogens is 2. The van der Waals surface area contributed by atoms with E-state index >= 15 is 0 Å². The van der Waals surface area contributed by atoms with Crippen molar-refractivity contribution in [3.8, 4) is 11.5 Å². The van der Waals surface area contributed by atoms with Crippen molar-refractivity contribution in [3.63, 3.8) is 0 Å². The summed E-state index contributed by atoms with van der Waals surface area (Å²) >= 11 is 3.58. The molecule has 1 fully saturated rings. The van der Waals surface area contributed by atoms with Gasteiger partial charge in [0.25, 0.3) is 0 Å². The maximum atomic E-state index is 5.66. The summed E-state index contributed by atoms with van der Waals surface area (Å²) < 4.78 is 17.3. The minimum Gasteiger partial charge on any atom is -0.493 e. The number of ether oxygens (including phenoxy) is 3. The molecule has 27 heavy (non-hydrogen) atoms. The molecule has 0 aliphatic heterocycles. The number of benzene rings is 1. The van der Waals surface area contributed by atoms with E-state index in [1.807, 2.05) is 12.1 Å². The van der Waals surface area contributed by atoms with E-state index in [2.05, 4.69) is 38.5 Å². The van der Waals surface area contributed by atoms with Gasteiger partial charge in [0.15, 0.2) is 17.5 Å². The highest BCUT2D eigenvalue weighted by atomic mass is 127. The first kappa shape index (κ1) is 24.3. The van der Waals surface area contributed by atoms with Crippen LogP contribution >= 0.6 is 39.9 Å². The summed E-state index contributed by atoms with van der Waals surface area (Å²) in [6, 6.07) is 3.85. The number of guanidine groups is 1. The van der Waals surface area contributed by atoms with Gasteiger partial charge in [-0.2, -0.15) is 0 Å². The van der Waals surface area contributed by atoms with Crippen LogP contribution in [-0.2, 0) is 11.3 Å². The lowest BCUT2D eigenvalue weighted by Gasteiger charge is -2.13. The molecule has 0 unspecified atom stereocenters. The molecule has 6 nitrogen and oxygen atoms in total. The molecule has 0 radical (unpaired) electrons. The van der Waals surface area contributed by atoms with Gasteiger partial charge in [0.05, 0.1) is 20.8 Å². The van der Waals surface area contributed by atoms with Gasteiger partial charge in [0.2, 0.25) is 0 Å². The zero-order chi connectivity index (χ0) is 18.8. The van der Waals surface area contributed by atoms with E-state index in [0.29, 0.717) is 18.0 Å². The van der Waals surface area contributed by atoms with Gasteiger partial charge in [0.1, 0.15) is 0 Å². The molecular weight excluding hydrogens is 525 g/mol. The third kappa shape index (κ3) is 8.87. The topological polar surface area (TPSA) is 64.1 Å². The van der Waals surface area contributed by atoms with E-state index in [1.165, 1.54) is 12.8 Å². The van der Waals surface area contributed by atoms with Crippen molar-refractivity contribution >= 4 is 45.9 Å². The monoisotopic (exact) mass is 555 g/mol. The van der Waals surface area contributed by atoms with Crippen LogP contribution in [0.5, 0.6) is 11.5 Å². The Morgan fingerprint density at radius 1 is 1.19 bits per heavy atom. The van der Waals surface area contributed by atoms with Crippen LogP contribution in [0.4, 0.5) is 0 Å². The molecule has 1 aliphatic rings. The predicted molar refractivity (Wildman–Crippen MR) is 124 cm³/mol. The van der Waals surface area contributed by atoms with Crippen LogP contribution in [0.15, 0.2) is 21.6 Å². The van der Waals surface area contributed by atoms with E-state index in [4.69, 9.17) is 14.2 Å². The number of aliphatic imine (C=N–C) groups is 1. The van der Waals surface area contributed by atoms with Crippen LogP contribution in [0.2, 0.25) is 0 Å². The van der Waals surface area contributed by atoms with Crippen molar-refractivity contribution in [2.75, 3.05) is 40.5 Å². The molecule has 1 saturated carbocycles. The van der Waals surface area contributed by atoms with E-state index < -0.39 is 0 Å². The van der Waals surface area contributed by atoms with Gasteiger partial charge in [0, 0.05) is 30.8 Å². The fraction of sp³-hybridized carbons (Fsp3) is 0.632. The van der Waals surface area contributed by atoms with Gasteiger partial charge < -0.3 is 24.8 Å². The zero-order valence-corrected chi connectivity index (χ0v) is 20.3. The molecule has 0 spiro atoms. The Labute approximate surface area is 188 Å². The highest BCUT2D eigenvalue weighted by molar-refractivity contribution is 14.0. The maximum Gasteiger partial charge on any atom is 0.191 e. The molecule has 1 aliphatic carbocycles. The lowest BCUT2D eigenvalue weighted by molar-refractivity contribution is 0.123. The number of nitrogens with zero attached hydrogens (tertiary/aromatic N) is 1. The van der Waals surface area contributed by atoms with Gasteiger partial charge in [-0.3, -0.25) is 0 Å². The van der Waals surface area contributed by atoms with Crippen LogP contribution in [0.3, 0.4) is 0 Å². The molecule has 0 saturated heterocycles. The Hall–Kier alpha value is -0.740. The van der Waals surface area contributed by atoms with Gasteiger partial charge >= 0.3 is 0 Å². The second-order valence-corrected chi connectivity index (χ2v) is 7.15. The highest BCUT2D eigenvalue weighted by Gasteiger charge is 2.20. The molecule has 2 N–H and O–H groups in total. The number of hydrogen-bond acceptors (Lipinski definition) is 4. The smallest absolute Gasteiger partial charge is 0.191 e. The molecule has 1 aromatic carbocycles. The SMILES string of the molecule is CCNC(=NCc1cc(OC)c(OC)cc1Br)NCCCOCC1CC1.I. The number of rotatable bonds is 11. The summed E-state index contributed by atoms with van der Waals surface area (Å²) in [5, 5.41) is 6.62. The molecule has 0 bridgehead atoms. The summed E-state index contributed by atoms with van der Waals surface area (Å²) in [5.41, 5.74) is 1.03. The molecule has 0 heterocycles. The fourth-order valence-electron chi connectivity index (χ4n) is 2.44. The Bertz CT molecular complexity index is 598. The molecule has 0 amide bonds. The van der Waals surface area contributed by atoms with Crippen molar-refractivity contribution in [3.05, 3.63) is 22.2 Å². The van der Waals surface area contributed by atoms with Crippen LogP contribution < -0.4 is 20.1 Å². The second-order valence-electron chi connectivity index (χ2n) is 6.29. The minimum atomic E-state index is 0. The van der Waals surface area contributed by atoms with Gasteiger partial charge in [-0.25, -0.2) is 4.99 Å². The van der Waals surface area contributed by atoms with E-state index in [0.717, 1.165) is 54.6 Å². The largest absolute Gasteiger partial charge is 0.493 e. The quantitative estimate of drug-likeness (QED) is 0.187. The molecule has 2 rings (SSSR count). The van der Waals surface area contributed by atoms with E-state index in [-0.39, 0.29) is 24.0 Å². The lowest BCUT2D eigenvalue weighted by atomic mass is 10.2. The third-order valence-corrected chi connectivity index (χ3v) is 4.85. The fourth-order valence-corrected chi connectivity index (χ4v) is 2.89. The first-order valence-corrected chi connectivity index (χ1v) is 9.97. The maximum absolute atomic E-state index is 5.66. The summed E-state index contributed by atoms with van der Waals surface area (Å²) in [6.07, 6.45) is 3.64. The second kappa shape index (κ2) is 13.4. The molecule has 8 heteroatoms. The summed E-state index contributed by atoms with van der Waals surface area (Å²) in [5.74, 6) is 3.02. The molecule has 0 aromatic heterocycles. The summed E-state index contributed by atoms with van der Waals surface area (Å²) in [6.45, 7) is 5.96. The molecule has 0 atom stereocenters. The van der Waals surface area contributed by atoms with E-state index in [1.54, 1.807) is 14.2 Å². The number of methoxy groups -OCH3 is 2. The zero-order valence-electron chi connectivity index (χ0n) is 16.3. The Balaban J connectivity index is 0.00000364. The standard InChI is InChI=1S/C19H30BrN3O3.HI/c1-4-21-19(22-8-5-9-26-13-14-6-7-14)23-12-15-10-17(24-2)18(25-3)11-16(15)20;/h10-11,14H,4-9,12-13H2,1-3H3,(H2,21,22,23);1H. The van der Waals surface area contributed by atoms with Gasteiger partial charge in [-0.05, 0) is 49.8 Å². The number of nitrogens with one attached hydrogen (secondary N) is 2. The first-order valence-electron chi connectivity index (χ1n) is 9.18. The van der Waals surface area contributed by atoms with Crippen molar-refractivity contribution < 1.29 is 14.2 Å².